The normalized spacial score (nSPS) is 19.5. The fourth-order valence-corrected chi connectivity index (χ4v) is 5.00. The first-order chi connectivity index (χ1) is 15.5. The molecule has 2 saturated heterocycles. The number of nitrogens with zero attached hydrogens (tertiary/aromatic N) is 1. The highest BCUT2D eigenvalue weighted by atomic mass is 32.1. The minimum atomic E-state index is -0.755. The van der Waals surface area contributed by atoms with E-state index in [2.05, 4.69) is 20.9 Å². The molecule has 2 aromatic rings. The van der Waals surface area contributed by atoms with E-state index in [1.807, 2.05) is 6.07 Å². The largest absolute Gasteiger partial charge is 0.379 e. The molecule has 2 fully saturated rings. The smallest absolute Gasteiger partial charge is 0.316 e. The number of piperidine rings is 1. The molecule has 0 aliphatic carbocycles. The van der Waals surface area contributed by atoms with Crippen LogP contribution >= 0.6 is 11.3 Å². The molecule has 0 spiro atoms. The molecule has 3 amide bonds. The molecule has 0 bridgehead atoms. The van der Waals surface area contributed by atoms with Gasteiger partial charge in [-0.3, -0.25) is 9.69 Å². The summed E-state index contributed by atoms with van der Waals surface area (Å²) < 4.78 is 20.2. The van der Waals surface area contributed by atoms with E-state index in [0.29, 0.717) is 52.9 Å². The Bertz CT molecular complexity index is 970. The topological polar surface area (TPSA) is 109 Å². The van der Waals surface area contributed by atoms with Crippen LogP contribution in [-0.2, 0) is 11.3 Å². The van der Waals surface area contributed by atoms with Crippen LogP contribution in [0.5, 0.6) is 0 Å². The van der Waals surface area contributed by atoms with Crippen molar-refractivity contribution in [3.8, 4) is 10.4 Å². The van der Waals surface area contributed by atoms with Crippen LogP contribution in [0.1, 0.15) is 28.1 Å². The molecule has 5 N–H and O–H groups in total. The van der Waals surface area contributed by atoms with Gasteiger partial charge in [0.25, 0.3) is 5.91 Å². The van der Waals surface area contributed by atoms with Gasteiger partial charge in [0.1, 0.15) is 10.7 Å². The number of anilines is 1. The molecule has 32 heavy (non-hydrogen) atoms. The van der Waals surface area contributed by atoms with Crippen molar-refractivity contribution in [1.82, 2.24) is 15.5 Å². The van der Waals surface area contributed by atoms with Crippen LogP contribution in [0.3, 0.4) is 0 Å². The number of thiophene rings is 1. The van der Waals surface area contributed by atoms with Crippen molar-refractivity contribution in [3.05, 3.63) is 40.5 Å². The zero-order valence-corrected chi connectivity index (χ0v) is 18.6. The molecule has 172 valence electrons. The molecule has 0 saturated carbocycles. The van der Waals surface area contributed by atoms with E-state index in [1.165, 1.54) is 17.4 Å². The molecular formula is C22H28FN5O3S. The highest BCUT2D eigenvalue weighted by molar-refractivity contribution is 7.18. The number of hydrogen-bond acceptors (Lipinski definition) is 6. The molecule has 1 aromatic carbocycles. The number of carbonyl (C=O) groups excluding carboxylic acids is 2. The molecule has 8 nitrogen and oxygen atoms in total. The number of morpholine rings is 1. The summed E-state index contributed by atoms with van der Waals surface area (Å²) >= 11 is 1.21. The number of primary amides is 1. The predicted octanol–water partition coefficient (Wildman–Crippen LogP) is 2.36. The Kier molecular flexibility index (Phi) is 7.36. The van der Waals surface area contributed by atoms with Crippen LogP contribution in [0.15, 0.2) is 24.3 Å². The lowest BCUT2D eigenvalue weighted by atomic mass is 10.1. The minimum Gasteiger partial charge on any atom is -0.379 e. The van der Waals surface area contributed by atoms with Gasteiger partial charge in [-0.2, -0.15) is 0 Å². The van der Waals surface area contributed by atoms with Crippen LogP contribution in [-0.4, -0.2) is 62.3 Å². The van der Waals surface area contributed by atoms with E-state index in [4.69, 9.17) is 10.5 Å². The zero-order valence-electron chi connectivity index (χ0n) is 17.8. The van der Waals surface area contributed by atoms with Crippen LogP contribution < -0.4 is 21.7 Å². The molecular weight excluding hydrogens is 433 g/mol. The molecule has 0 radical (unpaired) electrons. The summed E-state index contributed by atoms with van der Waals surface area (Å²) in [7, 11) is 0. The molecule has 3 heterocycles. The van der Waals surface area contributed by atoms with Gasteiger partial charge in [-0.15, -0.1) is 11.3 Å². The molecule has 0 unspecified atom stereocenters. The summed E-state index contributed by atoms with van der Waals surface area (Å²) in [4.78, 5) is 27.5. The lowest BCUT2D eigenvalue weighted by molar-refractivity contribution is 0.0337. The van der Waals surface area contributed by atoms with Crippen molar-refractivity contribution >= 4 is 29.0 Å². The Morgan fingerprint density at radius 3 is 2.78 bits per heavy atom. The van der Waals surface area contributed by atoms with Crippen molar-refractivity contribution < 1.29 is 18.7 Å². The minimum absolute atomic E-state index is 0.0279. The molecule has 2 aliphatic rings. The standard InChI is InChI=1S/C22H28FN5O3S/c23-17-10-14(3-4-15(17)13-28-6-8-31-9-7-28)19-11-18(27-22(24)30)20(32-19)21(29)26-16-2-1-5-25-12-16/h3-4,10-11,16,25H,1-2,5-9,12-13H2,(H,26,29)(H3,24,27,30)/t16-/m0/s1. The lowest BCUT2D eigenvalue weighted by Gasteiger charge is -2.26. The van der Waals surface area contributed by atoms with Gasteiger partial charge in [0, 0.05) is 42.7 Å². The predicted molar refractivity (Wildman–Crippen MR) is 122 cm³/mol. The summed E-state index contributed by atoms with van der Waals surface area (Å²) in [6, 6.07) is 6.03. The fourth-order valence-electron chi connectivity index (χ4n) is 3.98. The number of amides is 3. The monoisotopic (exact) mass is 461 g/mol. The molecule has 4 rings (SSSR count). The second-order valence-electron chi connectivity index (χ2n) is 8.05. The number of urea groups is 1. The second kappa shape index (κ2) is 10.4. The van der Waals surface area contributed by atoms with Crippen LogP contribution in [0.4, 0.5) is 14.9 Å². The van der Waals surface area contributed by atoms with Gasteiger partial charge in [-0.1, -0.05) is 12.1 Å². The summed E-state index contributed by atoms with van der Waals surface area (Å²) in [5.41, 5.74) is 6.89. The van der Waals surface area contributed by atoms with Crippen molar-refractivity contribution in [2.75, 3.05) is 44.7 Å². The van der Waals surface area contributed by atoms with Gasteiger partial charge < -0.3 is 26.4 Å². The Labute approximate surface area is 190 Å². The van der Waals surface area contributed by atoms with Crippen molar-refractivity contribution in [2.24, 2.45) is 5.73 Å². The van der Waals surface area contributed by atoms with Gasteiger partial charge in [0.15, 0.2) is 0 Å². The number of rotatable bonds is 6. The van der Waals surface area contributed by atoms with E-state index in [9.17, 15) is 14.0 Å². The molecule has 10 heteroatoms. The van der Waals surface area contributed by atoms with Gasteiger partial charge >= 0.3 is 6.03 Å². The Morgan fingerprint density at radius 1 is 1.28 bits per heavy atom. The van der Waals surface area contributed by atoms with Crippen molar-refractivity contribution in [3.63, 3.8) is 0 Å². The van der Waals surface area contributed by atoms with E-state index in [0.717, 1.165) is 32.5 Å². The number of nitrogens with two attached hydrogens (primary N) is 1. The first kappa shape index (κ1) is 22.7. The number of benzene rings is 1. The van der Waals surface area contributed by atoms with Gasteiger partial charge in [-0.05, 0) is 37.1 Å². The maximum absolute atomic E-state index is 14.8. The third-order valence-corrected chi connectivity index (χ3v) is 6.85. The van der Waals surface area contributed by atoms with E-state index in [-0.39, 0.29) is 17.8 Å². The summed E-state index contributed by atoms with van der Waals surface area (Å²) in [5, 5.41) is 8.79. The highest BCUT2D eigenvalue weighted by Crippen LogP contribution is 2.36. The van der Waals surface area contributed by atoms with E-state index >= 15 is 0 Å². The van der Waals surface area contributed by atoms with Gasteiger partial charge in [0.05, 0.1) is 18.9 Å². The number of hydrogen-bond donors (Lipinski definition) is 4. The van der Waals surface area contributed by atoms with Crippen molar-refractivity contribution in [1.29, 1.82) is 0 Å². The Hall–Kier alpha value is -2.53. The maximum Gasteiger partial charge on any atom is 0.316 e. The average molecular weight is 462 g/mol. The van der Waals surface area contributed by atoms with E-state index < -0.39 is 6.03 Å². The van der Waals surface area contributed by atoms with Crippen molar-refractivity contribution in [2.45, 2.75) is 25.4 Å². The molecule has 1 aromatic heterocycles. The van der Waals surface area contributed by atoms with Gasteiger partial charge in [-0.25, -0.2) is 9.18 Å². The maximum atomic E-state index is 14.8. The average Bonchev–Trinajstić information content (AvgIpc) is 3.20. The zero-order chi connectivity index (χ0) is 22.5. The van der Waals surface area contributed by atoms with E-state index in [1.54, 1.807) is 12.1 Å². The van der Waals surface area contributed by atoms with Gasteiger partial charge in [0.2, 0.25) is 0 Å². The number of ether oxygens (including phenoxy) is 1. The second-order valence-corrected chi connectivity index (χ2v) is 9.11. The SMILES string of the molecule is NC(=O)Nc1cc(-c2ccc(CN3CCOCC3)c(F)c2)sc1C(=O)N[C@H]1CCCNC1. The first-order valence-corrected chi connectivity index (χ1v) is 11.6. The quantitative estimate of drug-likeness (QED) is 0.528. The highest BCUT2D eigenvalue weighted by Gasteiger charge is 2.22. The summed E-state index contributed by atoms with van der Waals surface area (Å²) in [6.07, 6.45) is 1.88. The number of carbonyl (C=O) groups is 2. The summed E-state index contributed by atoms with van der Waals surface area (Å²) in [5.74, 6) is -0.575. The number of halogens is 1. The Morgan fingerprint density at radius 2 is 2.09 bits per heavy atom. The third kappa shape index (κ3) is 5.63. The summed E-state index contributed by atoms with van der Waals surface area (Å²) in [6.45, 7) is 5.05. The first-order valence-electron chi connectivity index (χ1n) is 10.8. The molecule has 1 atom stereocenters. The van der Waals surface area contributed by atoms with Crippen LogP contribution in [0, 0.1) is 5.82 Å². The fraction of sp³-hybridized carbons (Fsp3) is 0.455. The van der Waals surface area contributed by atoms with Crippen LogP contribution in [0.2, 0.25) is 0 Å². The lowest BCUT2D eigenvalue weighted by Crippen LogP contribution is -2.45. The number of nitrogens with one attached hydrogen (secondary N) is 3. The Balaban J connectivity index is 1.53. The van der Waals surface area contributed by atoms with Crippen LogP contribution in [0.25, 0.3) is 10.4 Å². The molecule has 2 aliphatic heterocycles. The third-order valence-electron chi connectivity index (χ3n) is 5.66.